The van der Waals surface area contributed by atoms with Gasteiger partial charge >= 0.3 is 0 Å². The molecule has 1 saturated carbocycles. The fourth-order valence-corrected chi connectivity index (χ4v) is 1.79. The van der Waals surface area contributed by atoms with E-state index in [0.29, 0.717) is 10.8 Å². The Morgan fingerprint density at radius 1 is 0.714 bits per heavy atom. The van der Waals surface area contributed by atoms with Crippen LogP contribution >= 0.6 is 0 Å². The molecular formula is C14H30. The van der Waals surface area contributed by atoms with Gasteiger partial charge in [0.15, 0.2) is 0 Å². The monoisotopic (exact) mass is 198 g/mol. The molecule has 0 N–H and O–H groups in total. The molecule has 0 amide bonds. The Kier molecular flexibility index (Phi) is 5.19. The molecule has 1 fully saturated rings. The predicted molar refractivity (Wildman–Crippen MR) is 66.5 cm³/mol. The van der Waals surface area contributed by atoms with Crippen LogP contribution in [0.15, 0.2) is 0 Å². The summed E-state index contributed by atoms with van der Waals surface area (Å²) in [4.78, 5) is 0. The van der Waals surface area contributed by atoms with Gasteiger partial charge in [-0.15, -0.1) is 0 Å². The van der Waals surface area contributed by atoms with E-state index < -0.39 is 0 Å². The first-order valence-electron chi connectivity index (χ1n) is 6.11. The number of rotatable bonds is 0. The largest absolute Gasteiger partial charge is 0.0604 e. The third kappa shape index (κ3) is 8.59. The standard InChI is InChI=1S/C9H18.C5H12/c1-9(2,3)8-6-4-5-7-8;1-5(2,3)4/h8H,4-7H2,1-3H3;1-4H3. The van der Waals surface area contributed by atoms with Crippen LogP contribution in [0.2, 0.25) is 0 Å². The van der Waals surface area contributed by atoms with E-state index >= 15 is 0 Å². The average molecular weight is 198 g/mol. The van der Waals surface area contributed by atoms with Crippen molar-refractivity contribution in [1.82, 2.24) is 0 Å². The highest BCUT2D eigenvalue weighted by Gasteiger charge is 2.26. The van der Waals surface area contributed by atoms with Crippen LogP contribution in [0.1, 0.15) is 74.1 Å². The maximum Gasteiger partial charge on any atom is -0.0354 e. The van der Waals surface area contributed by atoms with Crippen LogP contribution in [-0.4, -0.2) is 0 Å². The van der Waals surface area contributed by atoms with E-state index in [2.05, 4.69) is 48.5 Å². The summed E-state index contributed by atoms with van der Waals surface area (Å²) in [5.74, 6) is 1.01. The highest BCUT2D eigenvalue weighted by atomic mass is 14.3. The normalized spacial score (nSPS) is 19.1. The molecule has 0 unspecified atom stereocenters. The Balaban J connectivity index is 0.000000292. The minimum Gasteiger partial charge on any atom is -0.0604 e. The van der Waals surface area contributed by atoms with Crippen LogP contribution in [0.5, 0.6) is 0 Å². The first-order valence-corrected chi connectivity index (χ1v) is 6.11. The third-order valence-electron chi connectivity index (χ3n) is 2.58. The van der Waals surface area contributed by atoms with E-state index in [4.69, 9.17) is 0 Å². The van der Waals surface area contributed by atoms with Crippen LogP contribution in [-0.2, 0) is 0 Å². The topological polar surface area (TPSA) is 0 Å². The molecular weight excluding hydrogens is 168 g/mol. The van der Waals surface area contributed by atoms with Gasteiger partial charge < -0.3 is 0 Å². The van der Waals surface area contributed by atoms with Crippen molar-refractivity contribution in [3.8, 4) is 0 Å². The Morgan fingerprint density at radius 2 is 1.00 bits per heavy atom. The van der Waals surface area contributed by atoms with Crippen molar-refractivity contribution in [3.05, 3.63) is 0 Å². The fourth-order valence-electron chi connectivity index (χ4n) is 1.79. The summed E-state index contributed by atoms with van der Waals surface area (Å²) < 4.78 is 0. The molecule has 0 aliphatic heterocycles. The average Bonchev–Trinajstić information content (AvgIpc) is 2.28. The van der Waals surface area contributed by atoms with Gasteiger partial charge in [-0.05, 0) is 29.6 Å². The van der Waals surface area contributed by atoms with E-state index in [1.54, 1.807) is 0 Å². The van der Waals surface area contributed by atoms with E-state index in [9.17, 15) is 0 Å². The lowest BCUT2D eigenvalue weighted by Crippen LogP contribution is -2.16. The molecule has 0 saturated heterocycles. The van der Waals surface area contributed by atoms with Crippen molar-refractivity contribution in [2.24, 2.45) is 16.7 Å². The Bertz CT molecular complexity index is 130. The maximum atomic E-state index is 2.36. The van der Waals surface area contributed by atoms with Gasteiger partial charge in [-0.1, -0.05) is 61.3 Å². The van der Waals surface area contributed by atoms with Gasteiger partial charge in [-0.3, -0.25) is 0 Å². The molecule has 0 atom stereocenters. The van der Waals surface area contributed by atoms with E-state index in [-0.39, 0.29) is 0 Å². The minimum atomic E-state index is 0.500. The van der Waals surface area contributed by atoms with Crippen molar-refractivity contribution in [1.29, 1.82) is 0 Å². The zero-order valence-corrected chi connectivity index (χ0v) is 11.4. The minimum absolute atomic E-state index is 0.500. The molecule has 0 bridgehead atoms. The van der Waals surface area contributed by atoms with Gasteiger partial charge in [0.2, 0.25) is 0 Å². The van der Waals surface area contributed by atoms with E-state index in [1.807, 2.05) is 0 Å². The van der Waals surface area contributed by atoms with Crippen LogP contribution < -0.4 is 0 Å². The molecule has 14 heavy (non-hydrogen) atoms. The maximum absolute atomic E-state index is 2.36. The highest BCUT2D eigenvalue weighted by Crippen LogP contribution is 2.38. The molecule has 1 aliphatic carbocycles. The highest BCUT2D eigenvalue weighted by molar-refractivity contribution is 4.78. The lowest BCUT2D eigenvalue weighted by molar-refractivity contribution is 0.246. The lowest BCUT2D eigenvalue weighted by atomic mass is 9.80. The summed E-state index contributed by atoms with van der Waals surface area (Å²) >= 11 is 0. The van der Waals surface area contributed by atoms with Crippen molar-refractivity contribution in [2.45, 2.75) is 74.1 Å². The predicted octanol–water partition coefficient (Wildman–Crippen LogP) is 5.28. The second-order valence-electron chi connectivity index (χ2n) is 7.35. The molecule has 86 valence electrons. The van der Waals surface area contributed by atoms with Gasteiger partial charge in [0.25, 0.3) is 0 Å². The van der Waals surface area contributed by atoms with Crippen molar-refractivity contribution in [3.63, 3.8) is 0 Å². The quantitative estimate of drug-likeness (QED) is 0.497. The van der Waals surface area contributed by atoms with Crippen LogP contribution in [0.3, 0.4) is 0 Å². The Labute approximate surface area is 91.5 Å². The van der Waals surface area contributed by atoms with Gasteiger partial charge in [0.1, 0.15) is 0 Å². The lowest BCUT2D eigenvalue weighted by Gasteiger charge is -2.26. The zero-order chi connectivity index (χ0) is 11.4. The first-order chi connectivity index (χ1) is 6.11. The van der Waals surface area contributed by atoms with E-state index in [1.165, 1.54) is 25.7 Å². The van der Waals surface area contributed by atoms with Crippen molar-refractivity contribution < 1.29 is 0 Å². The summed E-state index contributed by atoms with van der Waals surface area (Å²) in [7, 11) is 0. The molecule has 0 aromatic rings. The molecule has 0 nitrogen and oxygen atoms in total. The number of hydrogen-bond donors (Lipinski definition) is 0. The second-order valence-corrected chi connectivity index (χ2v) is 7.35. The molecule has 0 spiro atoms. The molecule has 0 aromatic heterocycles. The fraction of sp³-hybridized carbons (Fsp3) is 1.00. The zero-order valence-electron chi connectivity index (χ0n) is 11.4. The summed E-state index contributed by atoms with van der Waals surface area (Å²) in [6.07, 6.45) is 5.90. The van der Waals surface area contributed by atoms with Crippen molar-refractivity contribution in [2.75, 3.05) is 0 Å². The molecule has 0 radical (unpaired) electrons. The number of hydrogen-bond acceptors (Lipinski definition) is 0. The van der Waals surface area contributed by atoms with Gasteiger partial charge in [0.05, 0.1) is 0 Å². The van der Waals surface area contributed by atoms with Gasteiger partial charge in [-0.2, -0.15) is 0 Å². The van der Waals surface area contributed by atoms with Gasteiger partial charge in [-0.25, -0.2) is 0 Å². The summed E-state index contributed by atoms with van der Waals surface area (Å²) in [6, 6.07) is 0. The van der Waals surface area contributed by atoms with Gasteiger partial charge in [0, 0.05) is 0 Å². The smallest absolute Gasteiger partial charge is 0.0354 e. The summed E-state index contributed by atoms with van der Waals surface area (Å²) in [5, 5.41) is 0. The first kappa shape index (κ1) is 14.0. The molecule has 0 aromatic carbocycles. The third-order valence-corrected chi connectivity index (χ3v) is 2.58. The van der Waals surface area contributed by atoms with E-state index in [0.717, 1.165) is 5.92 Å². The Morgan fingerprint density at radius 3 is 1.14 bits per heavy atom. The molecule has 1 rings (SSSR count). The Hall–Kier alpha value is 0. The molecule has 1 aliphatic rings. The SMILES string of the molecule is CC(C)(C)C.CC(C)(C)C1CCCC1. The van der Waals surface area contributed by atoms with Crippen LogP contribution in [0, 0.1) is 16.7 Å². The molecule has 0 heterocycles. The second kappa shape index (κ2) is 5.19. The van der Waals surface area contributed by atoms with Crippen LogP contribution in [0.4, 0.5) is 0 Å². The van der Waals surface area contributed by atoms with Crippen LogP contribution in [0.25, 0.3) is 0 Å². The molecule has 0 heteroatoms. The summed E-state index contributed by atoms with van der Waals surface area (Å²) in [6.45, 7) is 15.8. The van der Waals surface area contributed by atoms with Crippen molar-refractivity contribution >= 4 is 0 Å². The summed E-state index contributed by atoms with van der Waals surface area (Å²) in [5.41, 5.74) is 1.08.